The fourth-order valence-corrected chi connectivity index (χ4v) is 3.73. The Morgan fingerprint density at radius 1 is 1.29 bits per heavy atom. The third-order valence-electron chi connectivity index (χ3n) is 5.00. The molecule has 132 valence electrons. The summed E-state index contributed by atoms with van der Waals surface area (Å²) in [5, 5.41) is 8.39. The Bertz CT molecular complexity index is 675. The summed E-state index contributed by atoms with van der Waals surface area (Å²) in [7, 11) is 2.04. The lowest BCUT2D eigenvalue weighted by atomic mass is 10.1. The molecule has 6 nitrogen and oxygen atoms in total. The highest BCUT2D eigenvalue weighted by molar-refractivity contribution is 5.26. The van der Waals surface area contributed by atoms with Gasteiger partial charge in [-0.05, 0) is 26.2 Å². The molecular weight excluding hydrogens is 302 g/mol. The molecule has 1 fully saturated rings. The third-order valence-corrected chi connectivity index (χ3v) is 5.00. The highest BCUT2D eigenvalue weighted by Crippen LogP contribution is 2.29. The van der Waals surface area contributed by atoms with Gasteiger partial charge in [0.25, 0.3) is 0 Å². The molecule has 1 N–H and O–H groups in total. The Hall–Kier alpha value is -1.66. The topological polar surface area (TPSA) is 56.9 Å². The van der Waals surface area contributed by atoms with Crippen molar-refractivity contribution >= 4 is 0 Å². The van der Waals surface area contributed by atoms with E-state index in [0.29, 0.717) is 6.04 Å². The van der Waals surface area contributed by atoms with E-state index in [1.54, 1.807) is 0 Å². The second-order valence-electron chi connectivity index (χ2n) is 6.34. The van der Waals surface area contributed by atoms with Crippen LogP contribution in [0.5, 0.6) is 0 Å². The Labute approximate surface area is 144 Å². The van der Waals surface area contributed by atoms with Crippen molar-refractivity contribution in [2.24, 2.45) is 7.05 Å². The molecule has 0 radical (unpaired) electrons. The summed E-state index contributed by atoms with van der Waals surface area (Å²) < 4.78 is 10.2. The molecule has 0 aliphatic carbocycles. The van der Waals surface area contributed by atoms with Gasteiger partial charge in [0.15, 0.2) is 0 Å². The van der Waals surface area contributed by atoms with Gasteiger partial charge in [0.05, 0.1) is 5.69 Å². The van der Waals surface area contributed by atoms with E-state index in [1.165, 1.54) is 17.0 Å². The lowest BCUT2D eigenvalue weighted by Crippen LogP contribution is -2.33. The van der Waals surface area contributed by atoms with Crippen LogP contribution in [0, 0.1) is 0 Å². The van der Waals surface area contributed by atoms with Crippen LogP contribution < -0.4 is 5.32 Å². The van der Waals surface area contributed by atoms with Crippen LogP contribution in [-0.2, 0) is 37.7 Å². The van der Waals surface area contributed by atoms with Crippen LogP contribution in [0.3, 0.4) is 0 Å². The Morgan fingerprint density at radius 2 is 2.12 bits per heavy atom. The number of nitrogens with one attached hydrogen (secondary N) is 1. The maximum Gasteiger partial charge on any atom is 0.139 e. The second kappa shape index (κ2) is 7.49. The van der Waals surface area contributed by atoms with E-state index in [9.17, 15) is 0 Å². The summed E-state index contributed by atoms with van der Waals surface area (Å²) in [6, 6.07) is 0.298. The number of imidazole rings is 1. The SMILES string of the molecule is CCc1nn(C)c(CC)c1CN[C@H]1CCO[C@@H]1c1nccn1CC. The molecule has 0 aromatic carbocycles. The van der Waals surface area contributed by atoms with Crippen molar-refractivity contribution in [3.63, 3.8) is 0 Å². The molecule has 0 unspecified atom stereocenters. The van der Waals surface area contributed by atoms with Crippen LogP contribution >= 0.6 is 0 Å². The Balaban J connectivity index is 1.74. The van der Waals surface area contributed by atoms with Crippen molar-refractivity contribution in [1.82, 2.24) is 24.6 Å². The number of rotatable bonds is 7. The Kier molecular flexibility index (Phi) is 5.36. The minimum absolute atomic E-state index is 0.0341. The standard InChI is InChI=1S/C18H29N5O/c1-5-14-13(16(6-2)22(4)21-14)12-20-15-8-11-24-17(15)18-19-9-10-23(18)7-3/h9-10,15,17,20H,5-8,11-12H2,1-4H3/t15-,17-/m0/s1. The lowest BCUT2D eigenvalue weighted by molar-refractivity contribution is 0.0885. The normalized spacial score (nSPS) is 20.8. The lowest BCUT2D eigenvalue weighted by Gasteiger charge is -2.20. The Morgan fingerprint density at radius 3 is 2.83 bits per heavy atom. The van der Waals surface area contributed by atoms with Gasteiger partial charge in [0.2, 0.25) is 0 Å². The molecule has 2 aromatic heterocycles. The molecule has 1 aliphatic rings. The first-order chi connectivity index (χ1) is 11.7. The van der Waals surface area contributed by atoms with Crippen molar-refractivity contribution in [3.05, 3.63) is 35.2 Å². The molecule has 1 saturated heterocycles. The van der Waals surface area contributed by atoms with Crippen LogP contribution in [-0.4, -0.2) is 32.0 Å². The summed E-state index contributed by atoms with van der Waals surface area (Å²) in [4.78, 5) is 4.53. The molecule has 0 bridgehead atoms. The molecule has 0 saturated carbocycles. The molecule has 1 aliphatic heterocycles. The summed E-state index contributed by atoms with van der Waals surface area (Å²) in [5.41, 5.74) is 3.88. The van der Waals surface area contributed by atoms with E-state index >= 15 is 0 Å². The smallest absolute Gasteiger partial charge is 0.139 e. The highest BCUT2D eigenvalue weighted by Gasteiger charge is 2.32. The first-order valence-corrected chi connectivity index (χ1v) is 9.09. The van der Waals surface area contributed by atoms with Gasteiger partial charge in [-0.2, -0.15) is 5.10 Å². The monoisotopic (exact) mass is 331 g/mol. The van der Waals surface area contributed by atoms with Gasteiger partial charge in [-0.25, -0.2) is 4.98 Å². The largest absolute Gasteiger partial charge is 0.369 e. The summed E-state index contributed by atoms with van der Waals surface area (Å²) in [5.74, 6) is 1.03. The van der Waals surface area contributed by atoms with E-state index in [0.717, 1.165) is 44.8 Å². The van der Waals surface area contributed by atoms with Crippen LogP contribution in [0.25, 0.3) is 0 Å². The number of hydrogen-bond donors (Lipinski definition) is 1. The fourth-order valence-electron chi connectivity index (χ4n) is 3.73. The first-order valence-electron chi connectivity index (χ1n) is 9.09. The average molecular weight is 331 g/mol. The fraction of sp³-hybridized carbons (Fsp3) is 0.667. The maximum atomic E-state index is 5.99. The van der Waals surface area contributed by atoms with Crippen molar-refractivity contribution in [1.29, 1.82) is 0 Å². The van der Waals surface area contributed by atoms with E-state index in [2.05, 4.69) is 40.7 Å². The minimum Gasteiger partial charge on any atom is -0.369 e. The highest BCUT2D eigenvalue weighted by atomic mass is 16.5. The predicted octanol–water partition coefficient (Wildman–Crippen LogP) is 2.38. The van der Waals surface area contributed by atoms with Crippen molar-refractivity contribution in [3.8, 4) is 0 Å². The molecule has 3 rings (SSSR count). The first kappa shape index (κ1) is 17.2. The maximum absolute atomic E-state index is 5.99. The summed E-state index contributed by atoms with van der Waals surface area (Å²) in [6.45, 7) is 9.05. The van der Waals surface area contributed by atoms with Crippen molar-refractivity contribution in [2.45, 2.75) is 65.3 Å². The van der Waals surface area contributed by atoms with E-state index < -0.39 is 0 Å². The third kappa shape index (κ3) is 3.13. The predicted molar refractivity (Wildman–Crippen MR) is 93.8 cm³/mol. The van der Waals surface area contributed by atoms with E-state index in [-0.39, 0.29) is 6.10 Å². The zero-order chi connectivity index (χ0) is 17.1. The van der Waals surface area contributed by atoms with Crippen LogP contribution in [0.2, 0.25) is 0 Å². The zero-order valence-electron chi connectivity index (χ0n) is 15.2. The zero-order valence-corrected chi connectivity index (χ0v) is 15.2. The number of aryl methyl sites for hydroxylation is 3. The van der Waals surface area contributed by atoms with Crippen molar-refractivity contribution < 1.29 is 4.74 Å². The van der Waals surface area contributed by atoms with Gasteiger partial charge in [0.1, 0.15) is 11.9 Å². The molecular formula is C18H29N5O. The second-order valence-corrected chi connectivity index (χ2v) is 6.34. The molecule has 6 heteroatoms. The van der Waals surface area contributed by atoms with Crippen LogP contribution in [0.15, 0.2) is 12.4 Å². The number of hydrogen-bond acceptors (Lipinski definition) is 4. The number of aromatic nitrogens is 4. The van der Waals surface area contributed by atoms with Crippen LogP contribution in [0.4, 0.5) is 0 Å². The van der Waals surface area contributed by atoms with Gasteiger partial charge in [-0.15, -0.1) is 0 Å². The summed E-state index contributed by atoms with van der Waals surface area (Å²) >= 11 is 0. The molecule has 2 atom stereocenters. The average Bonchev–Trinajstić information content (AvgIpc) is 3.29. The molecule has 24 heavy (non-hydrogen) atoms. The summed E-state index contributed by atoms with van der Waals surface area (Å²) in [6.07, 6.45) is 6.92. The minimum atomic E-state index is 0.0341. The van der Waals surface area contributed by atoms with Crippen molar-refractivity contribution in [2.75, 3.05) is 6.61 Å². The van der Waals surface area contributed by atoms with Gasteiger partial charge < -0.3 is 14.6 Å². The van der Waals surface area contributed by atoms with Crippen LogP contribution in [0.1, 0.15) is 56.1 Å². The van der Waals surface area contributed by atoms with Gasteiger partial charge in [-0.3, -0.25) is 4.68 Å². The van der Waals surface area contributed by atoms with Gasteiger partial charge in [0, 0.05) is 56.4 Å². The van der Waals surface area contributed by atoms with E-state index in [1.807, 2.05) is 24.1 Å². The van der Waals surface area contributed by atoms with E-state index in [4.69, 9.17) is 4.74 Å². The molecule has 2 aromatic rings. The quantitative estimate of drug-likeness (QED) is 0.846. The molecule has 0 spiro atoms. The number of nitrogens with zero attached hydrogens (tertiary/aromatic N) is 4. The number of ether oxygens (including phenoxy) is 1. The molecule has 0 amide bonds. The van der Waals surface area contributed by atoms with Gasteiger partial charge >= 0.3 is 0 Å². The molecule has 3 heterocycles. The van der Waals surface area contributed by atoms with Gasteiger partial charge in [-0.1, -0.05) is 13.8 Å².